The quantitative estimate of drug-likeness (QED) is 0.865. The molecule has 5 heteroatoms. The summed E-state index contributed by atoms with van der Waals surface area (Å²) in [6, 6.07) is 15.7. The number of rotatable bonds is 2. The van der Waals surface area contributed by atoms with E-state index in [1.54, 1.807) is 43.3 Å². The van der Waals surface area contributed by atoms with Crippen molar-refractivity contribution in [2.75, 3.05) is 5.32 Å². The second-order valence-electron chi connectivity index (χ2n) is 5.60. The van der Waals surface area contributed by atoms with Crippen LogP contribution < -0.4 is 5.32 Å². The molecule has 23 heavy (non-hydrogen) atoms. The first-order valence-electron chi connectivity index (χ1n) is 7.15. The fraction of sp³-hybridized carbons (Fsp3) is 0.167. The summed E-state index contributed by atoms with van der Waals surface area (Å²) in [6.45, 7) is 1.59. The average molecular weight is 306 g/mol. The zero-order valence-corrected chi connectivity index (χ0v) is 12.5. The number of carbonyl (C=O) groups is 2. The summed E-state index contributed by atoms with van der Waals surface area (Å²) in [5.41, 5.74) is 0.925. The molecule has 2 aromatic carbocycles. The third-order valence-corrected chi connectivity index (χ3v) is 3.81. The standard InChI is InChI=1S/C18H14N2O3/c1-18(10-13-6-2-3-8-15(13)16(21)23-18)17(22)20-14-7-4-5-12(9-14)11-19/h2-9H,10H2,1H3,(H,20,22)/t18-/m0/s1. The van der Waals surface area contributed by atoms with Crippen LogP contribution in [0, 0.1) is 11.3 Å². The number of carbonyl (C=O) groups excluding carboxylic acids is 2. The number of benzene rings is 2. The first-order valence-corrected chi connectivity index (χ1v) is 7.15. The molecule has 0 spiro atoms. The molecule has 1 N–H and O–H groups in total. The van der Waals surface area contributed by atoms with E-state index in [9.17, 15) is 9.59 Å². The van der Waals surface area contributed by atoms with E-state index in [1.165, 1.54) is 0 Å². The van der Waals surface area contributed by atoms with Gasteiger partial charge in [-0.1, -0.05) is 24.3 Å². The van der Waals surface area contributed by atoms with Gasteiger partial charge in [-0.05, 0) is 36.8 Å². The highest BCUT2D eigenvalue weighted by molar-refractivity contribution is 6.02. The van der Waals surface area contributed by atoms with E-state index >= 15 is 0 Å². The maximum absolute atomic E-state index is 12.6. The Kier molecular flexibility index (Phi) is 3.59. The molecule has 1 atom stereocenters. The van der Waals surface area contributed by atoms with Crippen LogP contribution in [-0.2, 0) is 16.0 Å². The van der Waals surface area contributed by atoms with Crippen molar-refractivity contribution < 1.29 is 14.3 Å². The maximum Gasteiger partial charge on any atom is 0.339 e. The third-order valence-electron chi connectivity index (χ3n) is 3.81. The Bertz CT molecular complexity index is 838. The minimum absolute atomic E-state index is 0.304. The number of hydrogen-bond donors (Lipinski definition) is 1. The number of nitriles is 1. The molecule has 0 saturated carbocycles. The largest absolute Gasteiger partial charge is 0.445 e. The number of hydrogen-bond acceptors (Lipinski definition) is 4. The molecule has 3 rings (SSSR count). The Balaban J connectivity index is 1.85. The van der Waals surface area contributed by atoms with Crippen molar-refractivity contribution in [3.63, 3.8) is 0 Å². The van der Waals surface area contributed by atoms with Crippen molar-refractivity contribution in [2.24, 2.45) is 0 Å². The fourth-order valence-electron chi connectivity index (χ4n) is 2.59. The van der Waals surface area contributed by atoms with Crippen LogP contribution in [-0.4, -0.2) is 17.5 Å². The normalized spacial score (nSPS) is 19.2. The van der Waals surface area contributed by atoms with Crippen LogP contribution in [0.3, 0.4) is 0 Å². The monoisotopic (exact) mass is 306 g/mol. The lowest BCUT2D eigenvalue weighted by molar-refractivity contribution is -0.134. The summed E-state index contributed by atoms with van der Waals surface area (Å²) in [7, 11) is 0. The van der Waals surface area contributed by atoms with Crippen molar-refractivity contribution in [2.45, 2.75) is 18.9 Å². The van der Waals surface area contributed by atoms with Crippen LogP contribution in [0.5, 0.6) is 0 Å². The lowest BCUT2D eigenvalue weighted by Gasteiger charge is -2.33. The maximum atomic E-state index is 12.6. The van der Waals surface area contributed by atoms with Crippen LogP contribution in [0.25, 0.3) is 0 Å². The highest BCUT2D eigenvalue weighted by Gasteiger charge is 2.42. The van der Waals surface area contributed by atoms with E-state index in [2.05, 4.69) is 5.32 Å². The van der Waals surface area contributed by atoms with Crippen LogP contribution in [0.1, 0.15) is 28.4 Å². The van der Waals surface area contributed by atoms with Gasteiger partial charge in [0.05, 0.1) is 17.2 Å². The molecule has 0 aromatic heterocycles. The predicted octanol–water partition coefficient (Wildman–Crippen LogP) is 2.67. The first-order chi connectivity index (χ1) is 11.0. The SMILES string of the molecule is C[C@@]1(C(=O)Nc2cccc(C#N)c2)Cc2ccccc2C(=O)O1. The molecule has 0 bridgehead atoms. The number of anilines is 1. The lowest BCUT2D eigenvalue weighted by atomic mass is 9.89. The molecule has 0 saturated heterocycles. The Labute approximate surface area is 133 Å². The van der Waals surface area contributed by atoms with Crippen LogP contribution in [0.4, 0.5) is 5.69 Å². The molecular weight excluding hydrogens is 292 g/mol. The third kappa shape index (κ3) is 2.79. The summed E-state index contributed by atoms with van der Waals surface area (Å²) in [5, 5.41) is 11.6. The van der Waals surface area contributed by atoms with Gasteiger partial charge in [-0.25, -0.2) is 4.79 Å². The molecule has 0 aliphatic carbocycles. The van der Waals surface area contributed by atoms with Gasteiger partial charge in [0.2, 0.25) is 0 Å². The number of nitrogens with zero attached hydrogens (tertiary/aromatic N) is 1. The van der Waals surface area contributed by atoms with E-state index in [1.807, 2.05) is 18.2 Å². The highest BCUT2D eigenvalue weighted by atomic mass is 16.6. The second kappa shape index (κ2) is 5.58. The zero-order chi connectivity index (χ0) is 16.4. The molecule has 114 valence electrons. The van der Waals surface area contributed by atoms with Crippen molar-refractivity contribution in [1.82, 2.24) is 0 Å². The van der Waals surface area contributed by atoms with E-state index in [0.29, 0.717) is 23.2 Å². The van der Waals surface area contributed by atoms with Crippen LogP contribution in [0.15, 0.2) is 48.5 Å². The zero-order valence-electron chi connectivity index (χ0n) is 12.5. The minimum atomic E-state index is -1.28. The van der Waals surface area contributed by atoms with E-state index < -0.39 is 17.5 Å². The first kappa shape index (κ1) is 14.8. The number of amides is 1. The summed E-state index contributed by atoms with van der Waals surface area (Å²) in [5.74, 6) is -0.925. The van der Waals surface area contributed by atoms with Gasteiger partial charge < -0.3 is 10.1 Å². The van der Waals surface area contributed by atoms with Gasteiger partial charge in [-0.2, -0.15) is 5.26 Å². The minimum Gasteiger partial charge on any atom is -0.445 e. The smallest absolute Gasteiger partial charge is 0.339 e. The number of nitrogens with one attached hydrogen (secondary N) is 1. The molecule has 1 aliphatic rings. The topological polar surface area (TPSA) is 79.2 Å². The molecule has 0 unspecified atom stereocenters. The lowest BCUT2D eigenvalue weighted by Crippen LogP contribution is -2.48. The molecule has 0 fully saturated rings. The number of fused-ring (bicyclic) bond motifs is 1. The van der Waals surface area contributed by atoms with Gasteiger partial charge in [-0.15, -0.1) is 0 Å². The van der Waals surface area contributed by atoms with Gasteiger partial charge in [0.15, 0.2) is 5.60 Å². The average Bonchev–Trinajstić information content (AvgIpc) is 2.55. The molecule has 5 nitrogen and oxygen atoms in total. The van der Waals surface area contributed by atoms with Crippen LogP contribution in [0.2, 0.25) is 0 Å². The van der Waals surface area contributed by atoms with Gasteiger partial charge >= 0.3 is 5.97 Å². The van der Waals surface area contributed by atoms with Crippen molar-refractivity contribution in [3.8, 4) is 6.07 Å². The fourth-order valence-corrected chi connectivity index (χ4v) is 2.59. The van der Waals surface area contributed by atoms with Gasteiger partial charge in [-0.3, -0.25) is 4.79 Å². The summed E-state index contributed by atoms with van der Waals surface area (Å²) < 4.78 is 5.37. The highest BCUT2D eigenvalue weighted by Crippen LogP contribution is 2.29. The van der Waals surface area contributed by atoms with Crippen molar-refractivity contribution in [3.05, 3.63) is 65.2 Å². The molecule has 0 radical (unpaired) electrons. The van der Waals surface area contributed by atoms with E-state index in [4.69, 9.17) is 10.00 Å². The molecule has 2 aromatic rings. The Morgan fingerprint density at radius 2 is 2.04 bits per heavy atom. The Morgan fingerprint density at radius 1 is 1.26 bits per heavy atom. The van der Waals surface area contributed by atoms with Gasteiger partial charge in [0.1, 0.15) is 0 Å². The van der Waals surface area contributed by atoms with Gasteiger partial charge in [0.25, 0.3) is 5.91 Å². The summed E-state index contributed by atoms with van der Waals surface area (Å²) in [6.07, 6.45) is 0.304. The second-order valence-corrected chi connectivity index (χ2v) is 5.60. The molecule has 1 aliphatic heterocycles. The van der Waals surface area contributed by atoms with Crippen molar-refractivity contribution >= 4 is 17.6 Å². The molecular formula is C18H14N2O3. The Morgan fingerprint density at radius 3 is 2.83 bits per heavy atom. The predicted molar refractivity (Wildman–Crippen MR) is 83.8 cm³/mol. The van der Waals surface area contributed by atoms with Crippen molar-refractivity contribution in [1.29, 1.82) is 5.26 Å². The molecule has 1 heterocycles. The Hall–Kier alpha value is -3.13. The number of esters is 1. The molecule has 1 amide bonds. The van der Waals surface area contributed by atoms with E-state index in [-0.39, 0.29) is 0 Å². The summed E-state index contributed by atoms with van der Waals surface area (Å²) in [4.78, 5) is 24.7. The van der Waals surface area contributed by atoms with Crippen LogP contribution >= 0.6 is 0 Å². The number of cyclic esters (lactones) is 1. The van der Waals surface area contributed by atoms with E-state index in [0.717, 1.165) is 5.56 Å². The summed E-state index contributed by atoms with van der Waals surface area (Å²) >= 11 is 0. The van der Waals surface area contributed by atoms with Gasteiger partial charge in [0, 0.05) is 12.1 Å². The number of ether oxygens (including phenoxy) is 1.